The third-order valence-electron chi connectivity index (χ3n) is 5.80. The molecule has 1 aliphatic carbocycles. The highest BCUT2D eigenvalue weighted by molar-refractivity contribution is 5.95. The van der Waals surface area contributed by atoms with Gasteiger partial charge in [0.1, 0.15) is 0 Å². The van der Waals surface area contributed by atoms with Crippen molar-refractivity contribution < 1.29 is 9.90 Å². The van der Waals surface area contributed by atoms with Crippen LogP contribution in [0.25, 0.3) is 0 Å². The zero-order valence-corrected chi connectivity index (χ0v) is 15.0. The highest BCUT2D eigenvalue weighted by Gasteiger charge is 2.36. The van der Waals surface area contributed by atoms with E-state index in [9.17, 15) is 9.90 Å². The maximum absolute atomic E-state index is 13.1. The smallest absolute Gasteiger partial charge is 0.257 e. The van der Waals surface area contributed by atoms with Crippen LogP contribution in [0, 0.1) is 5.92 Å². The molecule has 2 N–H and O–H groups in total. The van der Waals surface area contributed by atoms with Crippen molar-refractivity contribution in [2.45, 2.75) is 50.5 Å². The third-order valence-corrected chi connectivity index (χ3v) is 5.80. The number of aromatic nitrogens is 3. The molecule has 0 aromatic carbocycles. The van der Waals surface area contributed by atoms with E-state index >= 15 is 0 Å². The van der Waals surface area contributed by atoms with E-state index in [2.05, 4.69) is 15.2 Å². The number of rotatable bonds is 4. The lowest BCUT2D eigenvalue weighted by Crippen LogP contribution is -2.30. The van der Waals surface area contributed by atoms with E-state index in [-0.39, 0.29) is 11.8 Å². The van der Waals surface area contributed by atoms with E-state index in [0.717, 1.165) is 24.2 Å². The Morgan fingerprint density at radius 2 is 2.08 bits per heavy atom. The summed E-state index contributed by atoms with van der Waals surface area (Å²) >= 11 is 0. The fourth-order valence-corrected chi connectivity index (χ4v) is 4.35. The van der Waals surface area contributed by atoms with Crippen LogP contribution in [0.4, 0.5) is 0 Å². The van der Waals surface area contributed by atoms with Crippen molar-refractivity contribution in [1.29, 1.82) is 0 Å². The van der Waals surface area contributed by atoms with Crippen molar-refractivity contribution in [3.05, 3.63) is 47.5 Å². The highest BCUT2D eigenvalue weighted by Crippen LogP contribution is 2.34. The molecule has 4 rings (SSSR count). The fraction of sp³-hybridized carbons (Fsp3) is 0.550. The van der Waals surface area contributed by atoms with E-state index in [4.69, 9.17) is 0 Å². The molecule has 2 fully saturated rings. The molecule has 138 valence electrons. The minimum atomic E-state index is -0.508. The van der Waals surface area contributed by atoms with Crippen molar-refractivity contribution in [2.75, 3.05) is 13.1 Å². The Hall–Kier alpha value is -2.21. The molecule has 0 radical (unpaired) electrons. The van der Waals surface area contributed by atoms with Gasteiger partial charge in [0, 0.05) is 36.8 Å². The summed E-state index contributed by atoms with van der Waals surface area (Å²) in [5.74, 6) is 0.419. The van der Waals surface area contributed by atoms with Gasteiger partial charge in [-0.25, -0.2) is 0 Å². The number of nitrogens with zero attached hydrogens (tertiary/aromatic N) is 3. The van der Waals surface area contributed by atoms with Crippen LogP contribution >= 0.6 is 0 Å². The van der Waals surface area contributed by atoms with Gasteiger partial charge in [0.25, 0.3) is 5.91 Å². The SMILES string of the molecule is O=C(c1cn[nH]c1C1CCCCC1)N1C[C@@H](Cc2ccccn2)[C@H](O)C1. The van der Waals surface area contributed by atoms with Gasteiger partial charge in [-0.2, -0.15) is 5.10 Å². The molecule has 0 bridgehead atoms. The number of hydrogen-bond donors (Lipinski definition) is 2. The largest absolute Gasteiger partial charge is 0.391 e. The molecule has 6 nitrogen and oxygen atoms in total. The van der Waals surface area contributed by atoms with Crippen LogP contribution in [0.2, 0.25) is 0 Å². The normalized spacial score (nSPS) is 24.1. The topological polar surface area (TPSA) is 82.1 Å². The number of likely N-dealkylation sites (tertiary alicyclic amines) is 1. The van der Waals surface area contributed by atoms with Crippen LogP contribution in [0.1, 0.15) is 59.8 Å². The second-order valence-corrected chi connectivity index (χ2v) is 7.60. The number of carbonyl (C=O) groups excluding carboxylic acids is 1. The summed E-state index contributed by atoms with van der Waals surface area (Å²) in [7, 11) is 0. The molecule has 2 aromatic heterocycles. The highest BCUT2D eigenvalue weighted by atomic mass is 16.3. The standard InChI is InChI=1S/C20H26N4O2/c25-18-13-24(12-15(18)10-16-8-4-5-9-21-16)20(26)17-11-22-23-19(17)14-6-2-1-3-7-14/h4-5,8-9,11,14-15,18,25H,1-3,6-7,10,12-13H2,(H,22,23)/t15-,18-/m1/s1. The summed E-state index contributed by atoms with van der Waals surface area (Å²) in [4.78, 5) is 19.2. The van der Waals surface area contributed by atoms with Crippen LogP contribution < -0.4 is 0 Å². The number of H-pyrrole nitrogens is 1. The van der Waals surface area contributed by atoms with Crippen LogP contribution in [-0.4, -0.2) is 50.3 Å². The molecule has 1 aliphatic heterocycles. The van der Waals surface area contributed by atoms with Gasteiger partial charge in [0.05, 0.1) is 23.6 Å². The maximum atomic E-state index is 13.1. The van der Waals surface area contributed by atoms with E-state index in [1.807, 2.05) is 18.2 Å². The summed E-state index contributed by atoms with van der Waals surface area (Å²) in [6, 6.07) is 5.80. The minimum Gasteiger partial charge on any atom is -0.391 e. The minimum absolute atomic E-state index is 0.0121. The van der Waals surface area contributed by atoms with Crippen molar-refractivity contribution >= 4 is 5.91 Å². The number of amides is 1. The zero-order valence-electron chi connectivity index (χ0n) is 15.0. The molecule has 1 saturated carbocycles. The van der Waals surface area contributed by atoms with Crippen LogP contribution in [-0.2, 0) is 6.42 Å². The zero-order chi connectivity index (χ0) is 17.9. The van der Waals surface area contributed by atoms with Crippen LogP contribution in [0.3, 0.4) is 0 Å². The molecule has 0 spiro atoms. The number of hydrogen-bond acceptors (Lipinski definition) is 4. The van der Waals surface area contributed by atoms with Crippen molar-refractivity contribution in [3.63, 3.8) is 0 Å². The molecule has 0 unspecified atom stereocenters. The number of β-amino-alcohol motifs (C(OH)–C–C–N with tert-alkyl or cyclic N) is 1. The molecule has 1 saturated heterocycles. The Bertz CT molecular complexity index is 739. The average molecular weight is 354 g/mol. The predicted octanol–water partition coefficient (Wildman–Crippen LogP) is 2.53. The Balaban J connectivity index is 1.45. The van der Waals surface area contributed by atoms with Crippen molar-refractivity contribution in [2.24, 2.45) is 5.92 Å². The van der Waals surface area contributed by atoms with Crippen molar-refractivity contribution in [3.8, 4) is 0 Å². The monoisotopic (exact) mass is 354 g/mol. The van der Waals surface area contributed by atoms with Gasteiger partial charge in [-0.3, -0.25) is 14.9 Å². The van der Waals surface area contributed by atoms with Gasteiger partial charge < -0.3 is 10.0 Å². The lowest BCUT2D eigenvalue weighted by Gasteiger charge is -2.22. The summed E-state index contributed by atoms with van der Waals surface area (Å²) in [5.41, 5.74) is 2.62. The number of aromatic amines is 1. The number of aliphatic hydroxyl groups excluding tert-OH is 1. The molecule has 2 atom stereocenters. The molecule has 3 heterocycles. The summed E-state index contributed by atoms with van der Waals surface area (Å²) in [6.45, 7) is 0.942. The Kier molecular flexibility index (Phi) is 5.02. The number of aliphatic hydroxyl groups is 1. The lowest BCUT2D eigenvalue weighted by atomic mass is 9.85. The Morgan fingerprint density at radius 1 is 1.23 bits per heavy atom. The van der Waals surface area contributed by atoms with Crippen LogP contribution in [0.15, 0.2) is 30.6 Å². The molecular formula is C20H26N4O2. The average Bonchev–Trinajstić information content (AvgIpc) is 3.30. The van der Waals surface area contributed by atoms with Crippen molar-refractivity contribution in [1.82, 2.24) is 20.1 Å². The van der Waals surface area contributed by atoms with E-state index < -0.39 is 6.10 Å². The van der Waals surface area contributed by atoms with Gasteiger partial charge in [-0.15, -0.1) is 0 Å². The quantitative estimate of drug-likeness (QED) is 0.884. The number of pyridine rings is 1. The van der Waals surface area contributed by atoms with Gasteiger partial charge in [0.2, 0.25) is 0 Å². The van der Waals surface area contributed by atoms with Gasteiger partial charge in [-0.1, -0.05) is 25.3 Å². The molecule has 1 amide bonds. The first-order valence-corrected chi connectivity index (χ1v) is 9.63. The molecule has 2 aromatic rings. The second-order valence-electron chi connectivity index (χ2n) is 7.60. The molecular weight excluding hydrogens is 328 g/mol. The maximum Gasteiger partial charge on any atom is 0.257 e. The molecule has 26 heavy (non-hydrogen) atoms. The Labute approximate surface area is 153 Å². The van der Waals surface area contributed by atoms with Gasteiger partial charge in [-0.05, 0) is 31.4 Å². The second kappa shape index (κ2) is 7.58. The number of carbonyl (C=O) groups is 1. The van der Waals surface area contributed by atoms with E-state index in [0.29, 0.717) is 31.0 Å². The third kappa shape index (κ3) is 3.51. The first-order chi connectivity index (χ1) is 12.7. The van der Waals surface area contributed by atoms with E-state index in [1.54, 1.807) is 17.3 Å². The van der Waals surface area contributed by atoms with Crippen LogP contribution in [0.5, 0.6) is 0 Å². The number of nitrogens with one attached hydrogen (secondary N) is 1. The molecule has 2 aliphatic rings. The molecule has 6 heteroatoms. The first-order valence-electron chi connectivity index (χ1n) is 9.63. The fourth-order valence-electron chi connectivity index (χ4n) is 4.35. The first kappa shape index (κ1) is 17.2. The Morgan fingerprint density at radius 3 is 2.85 bits per heavy atom. The summed E-state index contributed by atoms with van der Waals surface area (Å²) < 4.78 is 0. The summed E-state index contributed by atoms with van der Waals surface area (Å²) in [6.07, 6.45) is 9.55. The van der Waals surface area contributed by atoms with Gasteiger partial charge in [0.15, 0.2) is 0 Å². The predicted molar refractivity (Wildman–Crippen MR) is 97.8 cm³/mol. The van der Waals surface area contributed by atoms with E-state index in [1.165, 1.54) is 19.3 Å². The van der Waals surface area contributed by atoms with Gasteiger partial charge >= 0.3 is 0 Å². The lowest BCUT2D eigenvalue weighted by molar-refractivity contribution is 0.0762. The summed E-state index contributed by atoms with van der Waals surface area (Å²) in [5, 5.41) is 17.7.